The Kier molecular flexibility index (Phi) is 7.11. The van der Waals surface area contributed by atoms with Crippen LogP contribution in [0.1, 0.15) is 39.5 Å². The zero-order chi connectivity index (χ0) is 14.1. The van der Waals surface area contributed by atoms with Crippen LogP contribution in [0.2, 0.25) is 0 Å². The second kappa shape index (κ2) is 8.64. The smallest absolute Gasteiger partial charge is 0.241 e. The van der Waals surface area contributed by atoms with Gasteiger partial charge in [0.05, 0.1) is 6.04 Å². The number of pyridine rings is 1. The number of nitrogens with zero attached hydrogens (tertiary/aromatic N) is 1. The maximum atomic E-state index is 12.1. The van der Waals surface area contributed by atoms with Crippen LogP contribution in [0.15, 0.2) is 24.5 Å². The van der Waals surface area contributed by atoms with Gasteiger partial charge in [0.1, 0.15) is 0 Å². The Hall–Kier alpha value is -1.42. The third-order valence-electron chi connectivity index (χ3n) is 3.14. The van der Waals surface area contributed by atoms with Gasteiger partial charge in [-0.25, -0.2) is 0 Å². The van der Waals surface area contributed by atoms with Crippen molar-refractivity contribution in [1.29, 1.82) is 0 Å². The van der Waals surface area contributed by atoms with Gasteiger partial charge in [-0.3, -0.25) is 9.78 Å². The molecule has 2 N–H and O–H groups in total. The third-order valence-corrected chi connectivity index (χ3v) is 3.14. The molecular weight excluding hydrogens is 238 g/mol. The van der Waals surface area contributed by atoms with Crippen LogP contribution in [0.3, 0.4) is 0 Å². The molecule has 1 amide bonds. The van der Waals surface area contributed by atoms with Crippen molar-refractivity contribution in [2.24, 2.45) is 5.92 Å². The van der Waals surface area contributed by atoms with Crippen LogP contribution in [0, 0.1) is 5.92 Å². The summed E-state index contributed by atoms with van der Waals surface area (Å²) in [7, 11) is 1.83. The normalized spacial score (nSPS) is 12.4. The first kappa shape index (κ1) is 15.6. The summed E-state index contributed by atoms with van der Waals surface area (Å²) in [5, 5.41) is 5.98. The first-order valence-corrected chi connectivity index (χ1v) is 7.01. The molecule has 0 aromatic carbocycles. The molecule has 0 bridgehead atoms. The highest BCUT2D eigenvalue weighted by Gasteiger charge is 2.15. The molecule has 0 radical (unpaired) electrons. The van der Waals surface area contributed by atoms with Crippen LogP contribution in [0.25, 0.3) is 0 Å². The minimum absolute atomic E-state index is 0.0262. The molecule has 1 aromatic heterocycles. The van der Waals surface area contributed by atoms with E-state index in [1.165, 1.54) is 12.8 Å². The second-order valence-corrected chi connectivity index (χ2v) is 5.24. The van der Waals surface area contributed by atoms with Crippen molar-refractivity contribution in [2.75, 3.05) is 12.4 Å². The van der Waals surface area contributed by atoms with Gasteiger partial charge in [0, 0.05) is 18.1 Å². The van der Waals surface area contributed by atoms with Crippen molar-refractivity contribution in [1.82, 2.24) is 10.3 Å². The Morgan fingerprint density at radius 1 is 1.21 bits per heavy atom. The monoisotopic (exact) mass is 263 g/mol. The molecule has 4 nitrogen and oxygen atoms in total. The number of anilines is 1. The van der Waals surface area contributed by atoms with E-state index in [0.29, 0.717) is 0 Å². The lowest BCUT2D eigenvalue weighted by atomic mass is 10.0. The molecule has 0 aliphatic rings. The number of aromatic nitrogens is 1. The van der Waals surface area contributed by atoms with Crippen molar-refractivity contribution in [3.8, 4) is 0 Å². The van der Waals surface area contributed by atoms with Gasteiger partial charge in [-0.2, -0.15) is 0 Å². The van der Waals surface area contributed by atoms with Crippen molar-refractivity contribution < 1.29 is 4.79 Å². The highest BCUT2D eigenvalue weighted by atomic mass is 16.2. The molecule has 1 heterocycles. The van der Waals surface area contributed by atoms with Crippen molar-refractivity contribution in [3.05, 3.63) is 24.5 Å². The van der Waals surface area contributed by atoms with E-state index in [4.69, 9.17) is 0 Å². The number of rotatable bonds is 8. The Balaban J connectivity index is 2.35. The fourth-order valence-electron chi connectivity index (χ4n) is 1.97. The summed E-state index contributed by atoms with van der Waals surface area (Å²) in [5.74, 6) is 0.761. The summed E-state index contributed by atoms with van der Waals surface area (Å²) < 4.78 is 0. The predicted octanol–water partition coefficient (Wildman–Crippen LogP) is 2.82. The van der Waals surface area contributed by atoms with Crippen LogP contribution < -0.4 is 10.6 Å². The van der Waals surface area contributed by atoms with Gasteiger partial charge >= 0.3 is 0 Å². The van der Waals surface area contributed by atoms with Crippen molar-refractivity contribution >= 4 is 11.6 Å². The number of carbonyl (C=O) groups is 1. The summed E-state index contributed by atoms with van der Waals surface area (Å²) in [6.07, 6.45) is 7.70. The summed E-state index contributed by atoms with van der Waals surface area (Å²) in [4.78, 5) is 16.0. The quantitative estimate of drug-likeness (QED) is 0.709. The van der Waals surface area contributed by atoms with Gasteiger partial charge in [0.15, 0.2) is 0 Å². The molecular formula is C15H25N3O. The molecule has 1 unspecified atom stereocenters. The standard InChI is InChI=1S/C15H25N3O/c1-12(2)6-4-5-7-14(16-3)15(19)18-13-8-10-17-11-9-13/h8-12,14,16H,4-7H2,1-3H3,(H,17,18,19). The fraction of sp³-hybridized carbons (Fsp3) is 0.600. The summed E-state index contributed by atoms with van der Waals surface area (Å²) in [6, 6.07) is 3.47. The number of amides is 1. The number of carbonyl (C=O) groups excluding carboxylic acids is 1. The molecule has 19 heavy (non-hydrogen) atoms. The number of unbranched alkanes of at least 4 members (excludes halogenated alkanes) is 1. The average molecular weight is 263 g/mol. The van der Waals surface area contributed by atoms with E-state index >= 15 is 0 Å². The first-order chi connectivity index (χ1) is 9.13. The average Bonchev–Trinajstić information content (AvgIpc) is 2.39. The molecule has 0 saturated heterocycles. The molecule has 0 spiro atoms. The number of likely N-dealkylation sites (N-methyl/N-ethyl adjacent to an activating group) is 1. The van der Waals surface area contributed by atoms with E-state index in [1.807, 2.05) is 7.05 Å². The van der Waals surface area contributed by atoms with Crippen LogP contribution in [-0.2, 0) is 4.79 Å². The van der Waals surface area contributed by atoms with E-state index in [-0.39, 0.29) is 11.9 Å². The fourth-order valence-corrected chi connectivity index (χ4v) is 1.97. The largest absolute Gasteiger partial charge is 0.325 e. The van der Waals surface area contributed by atoms with Crippen molar-refractivity contribution in [2.45, 2.75) is 45.6 Å². The highest BCUT2D eigenvalue weighted by Crippen LogP contribution is 2.11. The zero-order valence-corrected chi connectivity index (χ0v) is 12.1. The molecule has 0 saturated carbocycles. The van der Waals surface area contributed by atoms with E-state index < -0.39 is 0 Å². The molecule has 0 aliphatic carbocycles. The van der Waals surface area contributed by atoms with Crippen LogP contribution in [0.4, 0.5) is 5.69 Å². The molecule has 1 atom stereocenters. The minimum atomic E-state index is -0.125. The van der Waals surface area contributed by atoms with Gasteiger partial charge < -0.3 is 10.6 Å². The zero-order valence-electron chi connectivity index (χ0n) is 12.1. The molecule has 1 rings (SSSR count). The lowest BCUT2D eigenvalue weighted by molar-refractivity contribution is -0.118. The van der Waals surface area contributed by atoms with Crippen LogP contribution in [-0.4, -0.2) is 24.0 Å². The summed E-state index contributed by atoms with van der Waals surface area (Å²) in [5.41, 5.74) is 0.794. The third kappa shape index (κ3) is 6.34. The minimum Gasteiger partial charge on any atom is -0.325 e. The number of nitrogens with one attached hydrogen (secondary N) is 2. The lowest BCUT2D eigenvalue weighted by Gasteiger charge is -2.16. The molecule has 106 valence electrons. The van der Waals surface area contributed by atoms with Crippen molar-refractivity contribution in [3.63, 3.8) is 0 Å². The molecule has 1 aromatic rings. The molecule has 0 aliphatic heterocycles. The number of hydrogen-bond donors (Lipinski definition) is 2. The summed E-state index contributed by atoms with van der Waals surface area (Å²) >= 11 is 0. The predicted molar refractivity (Wildman–Crippen MR) is 79.0 cm³/mol. The Labute approximate surface area is 116 Å². The number of hydrogen-bond acceptors (Lipinski definition) is 3. The van der Waals surface area contributed by atoms with Crippen LogP contribution in [0.5, 0.6) is 0 Å². The van der Waals surface area contributed by atoms with Gasteiger partial charge in [-0.05, 0) is 31.5 Å². The van der Waals surface area contributed by atoms with E-state index in [1.54, 1.807) is 24.5 Å². The molecule has 0 fully saturated rings. The van der Waals surface area contributed by atoms with Gasteiger partial charge in [0.25, 0.3) is 0 Å². The molecule has 4 heteroatoms. The highest BCUT2D eigenvalue weighted by molar-refractivity contribution is 5.94. The Morgan fingerprint density at radius 3 is 2.42 bits per heavy atom. The SMILES string of the molecule is CNC(CCCCC(C)C)C(=O)Nc1ccncc1. The lowest BCUT2D eigenvalue weighted by Crippen LogP contribution is -2.38. The van der Waals surface area contributed by atoms with Gasteiger partial charge in [-0.15, -0.1) is 0 Å². The Bertz CT molecular complexity index is 365. The maximum Gasteiger partial charge on any atom is 0.241 e. The first-order valence-electron chi connectivity index (χ1n) is 7.01. The Morgan fingerprint density at radius 2 is 1.84 bits per heavy atom. The van der Waals surface area contributed by atoms with E-state index in [2.05, 4.69) is 29.5 Å². The van der Waals surface area contributed by atoms with E-state index in [0.717, 1.165) is 24.4 Å². The van der Waals surface area contributed by atoms with Crippen LogP contribution >= 0.6 is 0 Å². The topological polar surface area (TPSA) is 54.0 Å². The van der Waals surface area contributed by atoms with Gasteiger partial charge in [-0.1, -0.05) is 33.1 Å². The van der Waals surface area contributed by atoms with E-state index in [9.17, 15) is 4.79 Å². The summed E-state index contributed by atoms with van der Waals surface area (Å²) in [6.45, 7) is 4.46. The van der Waals surface area contributed by atoms with Gasteiger partial charge in [0.2, 0.25) is 5.91 Å². The second-order valence-electron chi connectivity index (χ2n) is 5.24. The maximum absolute atomic E-state index is 12.1.